The van der Waals surface area contributed by atoms with E-state index in [1.54, 1.807) is 0 Å². The summed E-state index contributed by atoms with van der Waals surface area (Å²) in [5.41, 5.74) is 6.00. The van der Waals surface area contributed by atoms with E-state index < -0.39 is 5.97 Å². The molecule has 7 nitrogen and oxygen atoms in total. The number of aromatic carboxylic acids is 1. The first-order valence-electron chi connectivity index (χ1n) is 10.1. The van der Waals surface area contributed by atoms with Crippen LogP contribution in [0.25, 0.3) is 22.0 Å². The van der Waals surface area contributed by atoms with Gasteiger partial charge in [0.25, 0.3) is 0 Å². The fraction of sp³-hybridized carbons (Fsp3) is 0.455. The summed E-state index contributed by atoms with van der Waals surface area (Å²) in [5, 5.41) is 25.0. The topological polar surface area (TPSA) is 89.5 Å². The van der Waals surface area contributed by atoms with Crippen LogP contribution in [0.5, 0.6) is 0 Å². The molecule has 0 aliphatic carbocycles. The van der Waals surface area contributed by atoms with E-state index in [9.17, 15) is 15.0 Å². The number of hydrogen-bond donors (Lipinski definition) is 2. The Hall–Kier alpha value is -2.64. The number of aliphatic hydroxyl groups excluding tert-OH is 1. The molecule has 0 fully saturated rings. The summed E-state index contributed by atoms with van der Waals surface area (Å²) in [7, 11) is 1.92. The van der Waals surface area contributed by atoms with Gasteiger partial charge in [-0.1, -0.05) is 18.2 Å². The molecule has 7 heteroatoms. The van der Waals surface area contributed by atoms with Crippen molar-refractivity contribution in [3.63, 3.8) is 0 Å². The van der Waals surface area contributed by atoms with Gasteiger partial charge in [-0.05, 0) is 38.2 Å². The lowest BCUT2D eigenvalue weighted by atomic mass is 9.98. The fourth-order valence-corrected chi connectivity index (χ4v) is 4.52. The molecule has 0 spiro atoms. The van der Waals surface area contributed by atoms with Crippen LogP contribution >= 0.6 is 0 Å². The highest BCUT2D eigenvalue weighted by Crippen LogP contribution is 2.38. The Labute approximate surface area is 169 Å². The zero-order chi connectivity index (χ0) is 20.5. The van der Waals surface area contributed by atoms with E-state index in [0.29, 0.717) is 38.3 Å². The number of aliphatic hydroxyl groups is 1. The third-order valence-electron chi connectivity index (χ3n) is 5.74. The van der Waals surface area contributed by atoms with Gasteiger partial charge >= 0.3 is 5.97 Å². The van der Waals surface area contributed by atoms with E-state index in [1.807, 2.05) is 41.4 Å². The standard InChI is InChI=1S/C22H27N3O4/c1-14-19-17-8-5-7-15-16(9-6-11-26)21(22(27)28)25(20(15)17)10-3-4-12-29-13-18(19)24(2)23-14/h5,7-8,26H,3-4,6,9-13H2,1-2H3,(H,27,28). The van der Waals surface area contributed by atoms with E-state index in [4.69, 9.17) is 4.74 Å². The van der Waals surface area contributed by atoms with Gasteiger partial charge in [0, 0.05) is 43.3 Å². The molecule has 4 rings (SSSR count). The number of carbonyl (C=O) groups is 1. The van der Waals surface area contributed by atoms with Gasteiger partial charge in [-0.3, -0.25) is 4.68 Å². The van der Waals surface area contributed by atoms with Crippen molar-refractivity contribution in [3.05, 3.63) is 40.8 Å². The average molecular weight is 397 g/mol. The molecule has 0 bridgehead atoms. The van der Waals surface area contributed by atoms with Crippen LogP contribution in [-0.2, 0) is 31.4 Å². The minimum atomic E-state index is -0.922. The Morgan fingerprint density at radius 3 is 2.90 bits per heavy atom. The molecule has 3 aromatic rings. The summed E-state index contributed by atoms with van der Waals surface area (Å²) in [4.78, 5) is 12.3. The largest absolute Gasteiger partial charge is 0.477 e. The molecule has 1 aliphatic rings. The molecule has 0 saturated heterocycles. The van der Waals surface area contributed by atoms with Crippen LogP contribution in [0.1, 0.15) is 46.7 Å². The van der Waals surface area contributed by atoms with Crippen LogP contribution in [0, 0.1) is 6.92 Å². The number of aryl methyl sites for hydroxylation is 4. The number of benzene rings is 1. The van der Waals surface area contributed by atoms with Crippen molar-refractivity contribution in [1.29, 1.82) is 0 Å². The molecule has 1 aromatic carbocycles. The quantitative estimate of drug-likeness (QED) is 0.705. The summed E-state index contributed by atoms with van der Waals surface area (Å²) in [5.74, 6) is -0.922. The van der Waals surface area contributed by atoms with Gasteiger partial charge in [-0.2, -0.15) is 5.10 Å². The molecule has 2 N–H and O–H groups in total. The van der Waals surface area contributed by atoms with Crippen LogP contribution < -0.4 is 0 Å². The second-order valence-electron chi connectivity index (χ2n) is 7.60. The highest BCUT2D eigenvalue weighted by atomic mass is 16.5. The molecule has 0 amide bonds. The Kier molecular flexibility index (Phi) is 5.43. The maximum atomic E-state index is 12.3. The third kappa shape index (κ3) is 3.34. The first-order valence-corrected chi connectivity index (χ1v) is 10.1. The summed E-state index contributed by atoms with van der Waals surface area (Å²) >= 11 is 0. The summed E-state index contributed by atoms with van der Waals surface area (Å²) in [6.07, 6.45) is 2.77. The lowest BCUT2D eigenvalue weighted by Crippen LogP contribution is -2.12. The van der Waals surface area contributed by atoms with Crippen LogP contribution in [0.3, 0.4) is 0 Å². The summed E-state index contributed by atoms with van der Waals surface area (Å²) in [6, 6.07) is 6.02. The molecular formula is C22H27N3O4. The first-order chi connectivity index (χ1) is 14.0. The van der Waals surface area contributed by atoms with Crippen molar-refractivity contribution >= 4 is 16.9 Å². The minimum Gasteiger partial charge on any atom is -0.477 e. The van der Waals surface area contributed by atoms with Gasteiger partial charge in [-0.25, -0.2) is 4.79 Å². The molecule has 0 unspecified atom stereocenters. The van der Waals surface area contributed by atoms with Crippen molar-refractivity contribution in [1.82, 2.24) is 14.3 Å². The van der Waals surface area contributed by atoms with Crippen molar-refractivity contribution < 1.29 is 19.7 Å². The van der Waals surface area contributed by atoms with Crippen LogP contribution in [-0.4, -0.2) is 43.7 Å². The molecular weight excluding hydrogens is 370 g/mol. The number of nitrogens with zero attached hydrogens (tertiary/aromatic N) is 3. The molecule has 29 heavy (non-hydrogen) atoms. The van der Waals surface area contributed by atoms with Crippen molar-refractivity contribution in [2.75, 3.05) is 13.2 Å². The number of hydrogen-bond acceptors (Lipinski definition) is 4. The average Bonchev–Trinajstić information content (AvgIpc) is 3.14. The van der Waals surface area contributed by atoms with Gasteiger partial charge in [0.2, 0.25) is 0 Å². The Bertz CT molecular complexity index is 1060. The fourth-order valence-electron chi connectivity index (χ4n) is 4.52. The molecule has 0 radical (unpaired) electrons. The van der Waals surface area contributed by atoms with E-state index in [2.05, 4.69) is 5.10 Å². The van der Waals surface area contributed by atoms with E-state index in [-0.39, 0.29) is 6.61 Å². The molecule has 2 aromatic heterocycles. The summed E-state index contributed by atoms with van der Waals surface area (Å²) < 4.78 is 9.72. The maximum Gasteiger partial charge on any atom is 0.352 e. The maximum absolute atomic E-state index is 12.3. The number of carboxylic acid groups (broad SMARTS) is 1. The molecule has 1 aliphatic heterocycles. The lowest BCUT2D eigenvalue weighted by molar-refractivity contribution is 0.0683. The lowest BCUT2D eigenvalue weighted by Gasteiger charge is -2.12. The van der Waals surface area contributed by atoms with Gasteiger partial charge < -0.3 is 19.5 Å². The van der Waals surface area contributed by atoms with Gasteiger partial charge in [-0.15, -0.1) is 0 Å². The molecule has 3 heterocycles. The van der Waals surface area contributed by atoms with Crippen LogP contribution in [0.2, 0.25) is 0 Å². The zero-order valence-electron chi connectivity index (χ0n) is 16.9. The predicted molar refractivity (Wildman–Crippen MR) is 110 cm³/mol. The van der Waals surface area contributed by atoms with Crippen LogP contribution in [0.15, 0.2) is 18.2 Å². The summed E-state index contributed by atoms with van der Waals surface area (Å²) in [6.45, 7) is 3.74. The van der Waals surface area contributed by atoms with E-state index >= 15 is 0 Å². The van der Waals surface area contributed by atoms with Gasteiger partial charge in [0.1, 0.15) is 5.69 Å². The number of fused-ring (bicyclic) bond motifs is 2. The second kappa shape index (κ2) is 8.00. The number of para-hydroxylation sites is 1. The Balaban J connectivity index is 2.08. The number of rotatable bonds is 4. The number of carboxylic acids is 1. The Morgan fingerprint density at radius 1 is 1.31 bits per heavy atom. The van der Waals surface area contributed by atoms with Crippen molar-refractivity contribution in [2.24, 2.45) is 7.05 Å². The van der Waals surface area contributed by atoms with Gasteiger partial charge in [0.15, 0.2) is 0 Å². The molecule has 0 saturated carbocycles. The highest BCUT2D eigenvalue weighted by Gasteiger charge is 2.26. The van der Waals surface area contributed by atoms with Gasteiger partial charge in [0.05, 0.1) is 23.5 Å². The zero-order valence-corrected chi connectivity index (χ0v) is 16.9. The van der Waals surface area contributed by atoms with E-state index in [0.717, 1.165) is 51.8 Å². The molecule has 154 valence electrons. The Morgan fingerprint density at radius 2 is 2.14 bits per heavy atom. The SMILES string of the molecule is Cc1nn(C)c2c1-c1cccc3c(CCCO)c(C(=O)O)n(c13)CCCCOC2. The minimum absolute atomic E-state index is 0.0363. The third-order valence-corrected chi connectivity index (χ3v) is 5.74. The smallest absolute Gasteiger partial charge is 0.352 e. The monoisotopic (exact) mass is 397 g/mol. The highest BCUT2D eigenvalue weighted by molar-refractivity contribution is 6.04. The van der Waals surface area contributed by atoms with Crippen molar-refractivity contribution in [3.8, 4) is 11.1 Å². The number of ether oxygens (including phenoxy) is 1. The first kappa shape index (κ1) is 19.7. The number of aromatic nitrogens is 3. The second-order valence-corrected chi connectivity index (χ2v) is 7.60. The van der Waals surface area contributed by atoms with E-state index in [1.165, 1.54) is 0 Å². The predicted octanol–water partition coefficient (Wildman–Crippen LogP) is 3.28. The van der Waals surface area contributed by atoms with Crippen molar-refractivity contribution in [2.45, 2.75) is 45.8 Å². The normalized spacial score (nSPS) is 14.6. The molecule has 0 atom stereocenters. The van der Waals surface area contributed by atoms with Crippen LogP contribution in [0.4, 0.5) is 0 Å².